The Hall–Kier alpha value is -3.19. The molecule has 0 aliphatic rings. The molecule has 0 saturated heterocycles. The Bertz CT molecular complexity index is 1210. The molecule has 0 fully saturated rings. The van der Waals surface area contributed by atoms with E-state index in [-0.39, 0.29) is 4.90 Å². The van der Waals surface area contributed by atoms with E-state index < -0.39 is 10.0 Å². The number of nitrogens with one attached hydrogen (secondary N) is 1. The van der Waals surface area contributed by atoms with Crippen molar-refractivity contribution in [1.82, 2.24) is 15.0 Å². The van der Waals surface area contributed by atoms with E-state index in [0.717, 1.165) is 16.8 Å². The second-order valence-electron chi connectivity index (χ2n) is 6.45. The molecule has 0 atom stereocenters. The van der Waals surface area contributed by atoms with Gasteiger partial charge in [-0.2, -0.15) is 4.80 Å². The van der Waals surface area contributed by atoms with Crippen molar-refractivity contribution in [3.8, 4) is 5.69 Å². The highest BCUT2D eigenvalue weighted by atomic mass is 32.2. The van der Waals surface area contributed by atoms with E-state index in [4.69, 9.17) is 0 Å². The Morgan fingerprint density at radius 2 is 1.37 bits per heavy atom. The smallest absolute Gasteiger partial charge is 0.261 e. The molecule has 0 radical (unpaired) electrons. The van der Waals surface area contributed by atoms with Crippen molar-refractivity contribution in [2.75, 3.05) is 4.72 Å². The number of anilines is 1. The highest BCUT2D eigenvalue weighted by Crippen LogP contribution is 2.21. The molecule has 0 amide bonds. The lowest BCUT2D eigenvalue weighted by Crippen LogP contribution is -2.12. The second-order valence-corrected chi connectivity index (χ2v) is 8.13. The van der Waals surface area contributed by atoms with Gasteiger partial charge in [0.1, 0.15) is 11.0 Å². The molecule has 0 saturated carbocycles. The van der Waals surface area contributed by atoms with Crippen molar-refractivity contribution in [2.45, 2.75) is 18.7 Å². The Labute approximate surface area is 157 Å². The summed E-state index contributed by atoms with van der Waals surface area (Å²) in [6.07, 6.45) is 0. The fraction of sp³-hybridized carbons (Fsp3) is 0.100. The highest BCUT2D eigenvalue weighted by Gasteiger charge is 2.15. The van der Waals surface area contributed by atoms with Crippen LogP contribution in [-0.4, -0.2) is 23.4 Å². The summed E-state index contributed by atoms with van der Waals surface area (Å²) in [5, 5.41) is 8.90. The molecule has 1 N–H and O–H groups in total. The van der Waals surface area contributed by atoms with E-state index in [2.05, 4.69) is 14.9 Å². The van der Waals surface area contributed by atoms with Crippen LogP contribution in [0, 0.1) is 13.8 Å². The Morgan fingerprint density at radius 3 is 2.04 bits per heavy atom. The van der Waals surface area contributed by atoms with Gasteiger partial charge in [-0.3, -0.25) is 4.72 Å². The summed E-state index contributed by atoms with van der Waals surface area (Å²) < 4.78 is 27.7. The Morgan fingerprint density at radius 1 is 0.778 bits per heavy atom. The summed E-state index contributed by atoms with van der Waals surface area (Å²) in [5.74, 6) is 0. The molecule has 0 spiro atoms. The van der Waals surface area contributed by atoms with E-state index in [1.807, 2.05) is 38.1 Å². The summed E-state index contributed by atoms with van der Waals surface area (Å²) in [6.45, 7) is 3.93. The van der Waals surface area contributed by atoms with Gasteiger partial charge in [0, 0.05) is 0 Å². The van der Waals surface area contributed by atoms with Crippen molar-refractivity contribution < 1.29 is 8.42 Å². The molecular formula is C20H18N4O2S. The number of sulfonamides is 1. The van der Waals surface area contributed by atoms with Crippen molar-refractivity contribution >= 4 is 26.7 Å². The monoisotopic (exact) mass is 378 g/mol. The van der Waals surface area contributed by atoms with E-state index in [1.54, 1.807) is 47.3 Å². The van der Waals surface area contributed by atoms with Gasteiger partial charge in [0.15, 0.2) is 0 Å². The van der Waals surface area contributed by atoms with Gasteiger partial charge in [-0.25, -0.2) is 8.42 Å². The lowest BCUT2D eigenvalue weighted by atomic mass is 10.2. The normalized spacial score (nSPS) is 11.6. The first-order valence-corrected chi connectivity index (χ1v) is 9.93. The van der Waals surface area contributed by atoms with Crippen LogP contribution in [0.4, 0.5) is 5.69 Å². The van der Waals surface area contributed by atoms with Gasteiger partial charge >= 0.3 is 0 Å². The standard InChI is InChI=1S/C20H18N4O2S/c1-14-3-8-17(9-4-14)24-21-19-12-7-16(13-20(19)22-24)23-27(25,26)18-10-5-15(2)6-11-18/h3-13,23H,1-2H3. The number of rotatable bonds is 4. The first-order chi connectivity index (χ1) is 12.9. The van der Waals surface area contributed by atoms with Crippen LogP contribution in [0.1, 0.15) is 11.1 Å². The lowest BCUT2D eigenvalue weighted by Gasteiger charge is -2.08. The van der Waals surface area contributed by atoms with Crippen LogP contribution in [0.15, 0.2) is 71.6 Å². The molecule has 1 aromatic heterocycles. The quantitative estimate of drug-likeness (QED) is 0.585. The minimum Gasteiger partial charge on any atom is -0.280 e. The van der Waals surface area contributed by atoms with E-state index in [1.165, 1.54) is 0 Å². The molecule has 4 rings (SSSR count). The van der Waals surface area contributed by atoms with Gasteiger partial charge in [0.25, 0.3) is 10.0 Å². The zero-order valence-corrected chi connectivity index (χ0v) is 15.7. The molecule has 7 heteroatoms. The van der Waals surface area contributed by atoms with Gasteiger partial charge in [0.2, 0.25) is 0 Å². The predicted molar refractivity (Wildman–Crippen MR) is 106 cm³/mol. The molecule has 0 unspecified atom stereocenters. The molecule has 1 heterocycles. The van der Waals surface area contributed by atoms with Crippen molar-refractivity contribution in [3.05, 3.63) is 77.9 Å². The van der Waals surface area contributed by atoms with Crippen LogP contribution in [-0.2, 0) is 10.0 Å². The van der Waals surface area contributed by atoms with E-state index in [0.29, 0.717) is 16.7 Å². The lowest BCUT2D eigenvalue weighted by molar-refractivity contribution is 0.601. The van der Waals surface area contributed by atoms with Crippen LogP contribution in [0.5, 0.6) is 0 Å². The average Bonchev–Trinajstić information content (AvgIpc) is 3.05. The Balaban J connectivity index is 1.65. The number of hydrogen-bond donors (Lipinski definition) is 1. The van der Waals surface area contributed by atoms with Crippen LogP contribution in [0.2, 0.25) is 0 Å². The van der Waals surface area contributed by atoms with Crippen molar-refractivity contribution in [1.29, 1.82) is 0 Å². The SMILES string of the molecule is Cc1ccc(-n2nc3ccc(NS(=O)(=O)c4ccc(C)cc4)cc3n2)cc1. The third kappa shape index (κ3) is 3.54. The third-order valence-corrected chi connectivity index (χ3v) is 5.63. The average molecular weight is 378 g/mol. The summed E-state index contributed by atoms with van der Waals surface area (Å²) in [5.41, 5.74) is 4.75. The number of aromatic nitrogens is 3. The fourth-order valence-electron chi connectivity index (χ4n) is 2.70. The predicted octanol–water partition coefficient (Wildman–Crippen LogP) is 3.84. The molecular weight excluding hydrogens is 360 g/mol. The fourth-order valence-corrected chi connectivity index (χ4v) is 3.75. The number of benzene rings is 3. The number of hydrogen-bond acceptors (Lipinski definition) is 4. The summed E-state index contributed by atoms with van der Waals surface area (Å²) in [6, 6.07) is 19.7. The van der Waals surface area contributed by atoms with Crippen molar-refractivity contribution in [3.63, 3.8) is 0 Å². The van der Waals surface area contributed by atoms with Gasteiger partial charge < -0.3 is 0 Å². The third-order valence-electron chi connectivity index (χ3n) is 4.23. The van der Waals surface area contributed by atoms with Gasteiger partial charge in [-0.05, 0) is 56.3 Å². The van der Waals surface area contributed by atoms with Gasteiger partial charge in [-0.15, -0.1) is 10.2 Å². The number of aryl methyl sites for hydroxylation is 2. The van der Waals surface area contributed by atoms with Crippen molar-refractivity contribution in [2.24, 2.45) is 0 Å². The minimum atomic E-state index is -3.65. The maximum atomic E-state index is 12.6. The molecule has 136 valence electrons. The zero-order chi connectivity index (χ0) is 19.0. The number of fused-ring (bicyclic) bond motifs is 1. The van der Waals surface area contributed by atoms with E-state index >= 15 is 0 Å². The maximum Gasteiger partial charge on any atom is 0.261 e. The highest BCUT2D eigenvalue weighted by molar-refractivity contribution is 7.92. The minimum absolute atomic E-state index is 0.219. The van der Waals surface area contributed by atoms with Crippen LogP contribution in [0.3, 0.4) is 0 Å². The molecule has 3 aromatic carbocycles. The molecule has 6 nitrogen and oxygen atoms in total. The van der Waals surface area contributed by atoms with E-state index in [9.17, 15) is 8.42 Å². The van der Waals surface area contributed by atoms with Crippen LogP contribution < -0.4 is 4.72 Å². The molecule has 0 aliphatic heterocycles. The molecule has 0 aliphatic carbocycles. The molecule has 27 heavy (non-hydrogen) atoms. The summed E-state index contributed by atoms with van der Waals surface area (Å²) >= 11 is 0. The van der Waals surface area contributed by atoms with Crippen LogP contribution in [0.25, 0.3) is 16.7 Å². The van der Waals surface area contributed by atoms with Gasteiger partial charge in [-0.1, -0.05) is 35.4 Å². The van der Waals surface area contributed by atoms with Gasteiger partial charge in [0.05, 0.1) is 16.3 Å². The largest absolute Gasteiger partial charge is 0.280 e. The number of nitrogens with zero attached hydrogens (tertiary/aromatic N) is 3. The first-order valence-electron chi connectivity index (χ1n) is 8.44. The first kappa shape index (κ1) is 17.2. The maximum absolute atomic E-state index is 12.6. The van der Waals surface area contributed by atoms with Crippen LogP contribution >= 0.6 is 0 Å². The molecule has 4 aromatic rings. The topological polar surface area (TPSA) is 76.9 Å². The summed E-state index contributed by atoms with van der Waals surface area (Å²) in [4.78, 5) is 1.76. The zero-order valence-electron chi connectivity index (χ0n) is 14.9. The second kappa shape index (κ2) is 6.51. The molecule has 0 bridgehead atoms. The Kier molecular flexibility index (Phi) is 4.16. The summed E-state index contributed by atoms with van der Waals surface area (Å²) in [7, 11) is -3.65.